The minimum Gasteiger partial charge on any atom is -0.378 e. The van der Waals surface area contributed by atoms with Crippen molar-refractivity contribution in [1.29, 1.82) is 0 Å². The summed E-state index contributed by atoms with van der Waals surface area (Å²) in [5.41, 5.74) is 4.49. The van der Waals surface area contributed by atoms with E-state index in [1.807, 2.05) is 0 Å². The lowest BCUT2D eigenvalue weighted by Gasteiger charge is -2.37. The second-order valence-electron chi connectivity index (χ2n) is 5.99. The fourth-order valence-electron chi connectivity index (χ4n) is 3.60. The highest BCUT2D eigenvalue weighted by Crippen LogP contribution is 2.32. The first kappa shape index (κ1) is 13.2. The van der Waals surface area contributed by atoms with Gasteiger partial charge in [0.15, 0.2) is 0 Å². The number of rotatable bonds is 3. The summed E-state index contributed by atoms with van der Waals surface area (Å²) in [4.78, 5) is 5.14. The Morgan fingerprint density at radius 3 is 2.42 bits per heavy atom. The molecule has 0 saturated carbocycles. The van der Waals surface area contributed by atoms with Crippen molar-refractivity contribution < 1.29 is 4.74 Å². The molecule has 2 saturated heterocycles. The number of allylic oxidation sites excluding steroid dienone is 1. The van der Waals surface area contributed by atoms with E-state index in [1.165, 1.54) is 63.0 Å². The minimum atomic E-state index is 0.869. The number of morpholine rings is 1. The smallest absolute Gasteiger partial charge is 0.0642 e. The van der Waals surface area contributed by atoms with Gasteiger partial charge in [0, 0.05) is 25.3 Å². The van der Waals surface area contributed by atoms with Crippen LogP contribution in [0.15, 0.2) is 23.4 Å². The average molecular weight is 262 g/mol. The van der Waals surface area contributed by atoms with Gasteiger partial charge >= 0.3 is 0 Å². The predicted octanol–water partition coefficient (Wildman–Crippen LogP) is 2.41. The Bertz CT molecular complexity index is 363. The van der Waals surface area contributed by atoms with Crippen LogP contribution in [0.2, 0.25) is 0 Å². The maximum Gasteiger partial charge on any atom is 0.0642 e. The molecule has 0 bridgehead atoms. The van der Waals surface area contributed by atoms with E-state index < -0.39 is 0 Å². The summed E-state index contributed by atoms with van der Waals surface area (Å²) < 4.78 is 5.49. The van der Waals surface area contributed by atoms with Crippen LogP contribution in [-0.4, -0.2) is 55.7 Å². The van der Waals surface area contributed by atoms with E-state index in [1.54, 1.807) is 5.57 Å². The molecule has 19 heavy (non-hydrogen) atoms. The molecule has 0 unspecified atom stereocenters. The van der Waals surface area contributed by atoms with Crippen LogP contribution in [0.4, 0.5) is 0 Å². The number of hydrogen-bond donors (Lipinski definition) is 0. The van der Waals surface area contributed by atoms with E-state index in [0.717, 1.165) is 26.3 Å². The Morgan fingerprint density at radius 2 is 1.68 bits per heavy atom. The lowest BCUT2D eigenvalue weighted by Crippen LogP contribution is -2.38. The highest BCUT2D eigenvalue weighted by molar-refractivity contribution is 5.36. The second kappa shape index (κ2) is 6.10. The summed E-state index contributed by atoms with van der Waals surface area (Å²) in [5, 5.41) is 0. The fraction of sp³-hybridized carbons (Fsp3) is 0.750. The van der Waals surface area contributed by atoms with Crippen molar-refractivity contribution in [3.05, 3.63) is 23.4 Å². The zero-order chi connectivity index (χ0) is 13.1. The summed E-state index contributed by atoms with van der Waals surface area (Å²) >= 11 is 0. The Balaban J connectivity index is 1.78. The van der Waals surface area contributed by atoms with Crippen LogP contribution < -0.4 is 0 Å². The topological polar surface area (TPSA) is 15.7 Å². The largest absolute Gasteiger partial charge is 0.378 e. The van der Waals surface area contributed by atoms with Crippen LogP contribution in [-0.2, 0) is 4.74 Å². The van der Waals surface area contributed by atoms with Gasteiger partial charge in [0.05, 0.1) is 13.2 Å². The van der Waals surface area contributed by atoms with Crippen LogP contribution in [0.3, 0.4) is 0 Å². The molecular formula is C16H26N2O. The highest BCUT2D eigenvalue weighted by Gasteiger charge is 2.24. The minimum absolute atomic E-state index is 0.869. The molecule has 3 rings (SSSR count). The maximum absolute atomic E-state index is 5.49. The predicted molar refractivity (Wildman–Crippen MR) is 78.1 cm³/mol. The van der Waals surface area contributed by atoms with Crippen LogP contribution in [0.25, 0.3) is 0 Å². The number of ether oxygens (including phenoxy) is 1. The van der Waals surface area contributed by atoms with E-state index in [-0.39, 0.29) is 0 Å². The van der Waals surface area contributed by atoms with Crippen molar-refractivity contribution in [1.82, 2.24) is 9.80 Å². The molecule has 2 heterocycles. The van der Waals surface area contributed by atoms with Crippen LogP contribution >= 0.6 is 0 Å². The van der Waals surface area contributed by atoms with Crippen molar-refractivity contribution in [2.45, 2.75) is 32.1 Å². The molecule has 0 atom stereocenters. The molecule has 0 radical (unpaired) electrons. The molecule has 106 valence electrons. The molecule has 0 amide bonds. The molecule has 3 nitrogen and oxygen atoms in total. The molecule has 0 aromatic heterocycles. The third-order valence-electron chi connectivity index (χ3n) is 4.57. The third-order valence-corrected chi connectivity index (χ3v) is 4.57. The summed E-state index contributed by atoms with van der Waals surface area (Å²) in [6.45, 7) is 11.9. The number of likely N-dealkylation sites (tertiary alicyclic amines) is 1. The van der Waals surface area contributed by atoms with Gasteiger partial charge in [-0.2, -0.15) is 0 Å². The molecule has 3 aliphatic rings. The normalized spacial score (nSPS) is 26.3. The van der Waals surface area contributed by atoms with Gasteiger partial charge < -0.3 is 9.64 Å². The zero-order valence-electron chi connectivity index (χ0n) is 12.0. The molecule has 0 N–H and O–H groups in total. The Hall–Kier alpha value is -0.800. The molecule has 0 aromatic carbocycles. The Morgan fingerprint density at radius 1 is 0.947 bits per heavy atom. The van der Waals surface area contributed by atoms with E-state index in [4.69, 9.17) is 4.74 Å². The molecular weight excluding hydrogens is 236 g/mol. The first-order valence-corrected chi connectivity index (χ1v) is 7.80. The van der Waals surface area contributed by atoms with Gasteiger partial charge in [0.2, 0.25) is 0 Å². The van der Waals surface area contributed by atoms with E-state index >= 15 is 0 Å². The second-order valence-corrected chi connectivity index (χ2v) is 5.99. The van der Waals surface area contributed by atoms with E-state index in [9.17, 15) is 0 Å². The summed E-state index contributed by atoms with van der Waals surface area (Å²) in [6.07, 6.45) is 6.48. The maximum atomic E-state index is 5.49. The quantitative estimate of drug-likeness (QED) is 0.777. The van der Waals surface area contributed by atoms with Gasteiger partial charge in [-0.3, -0.25) is 4.90 Å². The SMILES string of the molecule is C=C1CCCC(CN2CCCC2)=C1N1CCOCC1. The van der Waals surface area contributed by atoms with Crippen LogP contribution in [0, 0.1) is 0 Å². The molecule has 2 aliphatic heterocycles. The summed E-state index contributed by atoms with van der Waals surface area (Å²) in [7, 11) is 0. The number of hydrogen-bond acceptors (Lipinski definition) is 3. The van der Waals surface area contributed by atoms with Gasteiger partial charge in [0.1, 0.15) is 0 Å². The first-order valence-electron chi connectivity index (χ1n) is 7.80. The van der Waals surface area contributed by atoms with Gasteiger partial charge in [0.25, 0.3) is 0 Å². The van der Waals surface area contributed by atoms with Gasteiger partial charge in [-0.1, -0.05) is 6.58 Å². The first-order chi connectivity index (χ1) is 9.34. The zero-order valence-corrected chi connectivity index (χ0v) is 12.0. The molecule has 2 fully saturated rings. The Kier molecular flexibility index (Phi) is 4.24. The van der Waals surface area contributed by atoms with Crippen LogP contribution in [0.5, 0.6) is 0 Å². The summed E-state index contributed by atoms with van der Waals surface area (Å²) in [6, 6.07) is 0. The fourth-order valence-corrected chi connectivity index (χ4v) is 3.60. The number of nitrogens with zero attached hydrogens (tertiary/aromatic N) is 2. The van der Waals surface area contributed by atoms with Crippen molar-refractivity contribution in [3.63, 3.8) is 0 Å². The van der Waals surface area contributed by atoms with Crippen LogP contribution in [0.1, 0.15) is 32.1 Å². The van der Waals surface area contributed by atoms with E-state index in [2.05, 4.69) is 16.4 Å². The monoisotopic (exact) mass is 262 g/mol. The van der Waals surface area contributed by atoms with E-state index in [0.29, 0.717) is 0 Å². The molecule has 0 spiro atoms. The standard InChI is InChI=1S/C16H26N2O/c1-14-5-4-6-15(13-17-7-2-3-8-17)16(14)18-9-11-19-12-10-18/h1-13H2. The Labute approximate surface area is 116 Å². The van der Waals surface area contributed by atoms with Crippen molar-refractivity contribution >= 4 is 0 Å². The summed E-state index contributed by atoms with van der Waals surface area (Å²) in [5.74, 6) is 0. The molecule has 3 heteroatoms. The third kappa shape index (κ3) is 3.03. The van der Waals surface area contributed by atoms with Crippen molar-refractivity contribution in [2.24, 2.45) is 0 Å². The highest BCUT2D eigenvalue weighted by atomic mass is 16.5. The molecule has 1 aliphatic carbocycles. The van der Waals surface area contributed by atoms with Crippen molar-refractivity contribution in [2.75, 3.05) is 45.9 Å². The van der Waals surface area contributed by atoms with Gasteiger partial charge in [-0.15, -0.1) is 0 Å². The average Bonchev–Trinajstić information content (AvgIpc) is 2.93. The van der Waals surface area contributed by atoms with Gasteiger partial charge in [-0.25, -0.2) is 0 Å². The lowest BCUT2D eigenvalue weighted by atomic mass is 9.91. The lowest BCUT2D eigenvalue weighted by molar-refractivity contribution is 0.0533. The van der Waals surface area contributed by atoms with Gasteiger partial charge in [-0.05, 0) is 56.3 Å². The van der Waals surface area contributed by atoms with Crippen molar-refractivity contribution in [3.8, 4) is 0 Å². The molecule has 0 aromatic rings.